The molecule has 0 aromatic carbocycles. The normalized spacial score (nSPS) is 32.0. The van der Waals surface area contributed by atoms with Gasteiger partial charge >= 0.3 is 0 Å². The first kappa shape index (κ1) is 15.1. The van der Waals surface area contributed by atoms with E-state index in [1.165, 1.54) is 0 Å². The van der Waals surface area contributed by atoms with Crippen LogP contribution >= 0.6 is 0 Å². The average molecular weight is 320 g/mol. The number of hydrogen-bond donors (Lipinski definition) is 0. The van der Waals surface area contributed by atoms with Crippen LogP contribution in [-0.2, 0) is 20.8 Å². The highest BCUT2D eigenvalue weighted by Gasteiger charge is 2.44. The minimum absolute atomic E-state index is 0.193. The number of nitrogens with zero attached hydrogens (tertiary/aromatic N) is 4. The number of hydrogen-bond acceptors (Lipinski definition) is 5. The standard InChI is InChI=1S/C16H24N4O3/c21-16(15-14-3-8-22-10-13(14)11-23-15)19-5-1-12(2-6-19)9-20-7-4-17-18-20/h4,7,12-15H,1-3,5-6,8-11H2/t13-,14-,15+/m0/s1. The Hall–Kier alpha value is -1.47. The Balaban J connectivity index is 1.30. The molecule has 0 aliphatic carbocycles. The molecule has 4 heterocycles. The molecule has 1 amide bonds. The second kappa shape index (κ2) is 6.57. The zero-order valence-corrected chi connectivity index (χ0v) is 13.3. The van der Waals surface area contributed by atoms with Crippen LogP contribution in [0.3, 0.4) is 0 Å². The summed E-state index contributed by atoms with van der Waals surface area (Å²) in [5.41, 5.74) is 0. The maximum absolute atomic E-state index is 12.8. The van der Waals surface area contributed by atoms with Crippen molar-refractivity contribution in [1.82, 2.24) is 19.9 Å². The maximum Gasteiger partial charge on any atom is 0.252 e. The Morgan fingerprint density at radius 1 is 1.22 bits per heavy atom. The van der Waals surface area contributed by atoms with Crippen LogP contribution in [0.4, 0.5) is 0 Å². The second-order valence-electron chi connectivity index (χ2n) is 6.94. The highest BCUT2D eigenvalue weighted by molar-refractivity contribution is 5.81. The van der Waals surface area contributed by atoms with Gasteiger partial charge in [-0.3, -0.25) is 9.48 Å². The molecule has 3 aliphatic rings. The number of rotatable bonds is 3. The van der Waals surface area contributed by atoms with Gasteiger partial charge in [0.2, 0.25) is 0 Å². The highest BCUT2D eigenvalue weighted by Crippen LogP contribution is 2.34. The number of fused-ring (bicyclic) bond motifs is 1. The maximum atomic E-state index is 12.8. The molecule has 0 bridgehead atoms. The molecule has 23 heavy (non-hydrogen) atoms. The van der Waals surface area contributed by atoms with E-state index in [1.807, 2.05) is 15.8 Å². The summed E-state index contributed by atoms with van der Waals surface area (Å²) in [6, 6.07) is 0. The Morgan fingerprint density at radius 2 is 2.09 bits per heavy atom. The van der Waals surface area contributed by atoms with Crippen molar-refractivity contribution in [1.29, 1.82) is 0 Å². The van der Waals surface area contributed by atoms with Gasteiger partial charge in [-0.15, -0.1) is 5.10 Å². The second-order valence-corrected chi connectivity index (χ2v) is 6.94. The van der Waals surface area contributed by atoms with Crippen molar-refractivity contribution in [3.8, 4) is 0 Å². The molecule has 0 spiro atoms. The Bertz CT molecular complexity index is 527. The van der Waals surface area contributed by atoms with E-state index in [0.717, 1.165) is 52.1 Å². The lowest BCUT2D eigenvalue weighted by atomic mass is 9.86. The molecule has 0 unspecified atom stereocenters. The van der Waals surface area contributed by atoms with Crippen LogP contribution in [0.25, 0.3) is 0 Å². The topological polar surface area (TPSA) is 69.5 Å². The monoisotopic (exact) mass is 320 g/mol. The molecule has 3 saturated heterocycles. The van der Waals surface area contributed by atoms with Crippen molar-refractivity contribution in [2.24, 2.45) is 17.8 Å². The van der Waals surface area contributed by atoms with Crippen molar-refractivity contribution in [3.05, 3.63) is 12.4 Å². The number of likely N-dealkylation sites (tertiary alicyclic amines) is 1. The van der Waals surface area contributed by atoms with Crippen LogP contribution in [0, 0.1) is 17.8 Å². The zero-order chi connectivity index (χ0) is 15.6. The predicted molar refractivity (Wildman–Crippen MR) is 81.5 cm³/mol. The quantitative estimate of drug-likeness (QED) is 0.814. The Morgan fingerprint density at radius 3 is 2.87 bits per heavy atom. The molecule has 4 rings (SSSR count). The van der Waals surface area contributed by atoms with Gasteiger partial charge in [0, 0.05) is 44.3 Å². The molecule has 7 nitrogen and oxygen atoms in total. The van der Waals surface area contributed by atoms with Gasteiger partial charge in [0.15, 0.2) is 0 Å². The van der Waals surface area contributed by atoms with Gasteiger partial charge in [-0.25, -0.2) is 0 Å². The first-order valence-electron chi connectivity index (χ1n) is 8.63. The zero-order valence-electron chi connectivity index (χ0n) is 13.3. The lowest BCUT2D eigenvalue weighted by Gasteiger charge is -2.35. The summed E-state index contributed by atoms with van der Waals surface area (Å²) in [4.78, 5) is 14.8. The van der Waals surface area contributed by atoms with Gasteiger partial charge in [0.1, 0.15) is 6.10 Å². The van der Waals surface area contributed by atoms with Crippen LogP contribution in [0.15, 0.2) is 12.4 Å². The van der Waals surface area contributed by atoms with Crippen molar-refractivity contribution < 1.29 is 14.3 Å². The summed E-state index contributed by atoms with van der Waals surface area (Å²) < 4.78 is 13.2. The van der Waals surface area contributed by atoms with E-state index in [-0.39, 0.29) is 12.0 Å². The molecule has 1 aromatic heterocycles. The summed E-state index contributed by atoms with van der Waals surface area (Å²) in [5, 5.41) is 7.87. The van der Waals surface area contributed by atoms with Gasteiger partial charge in [-0.05, 0) is 25.2 Å². The number of piperidine rings is 1. The van der Waals surface area contributed by atoms with Gasteiger partial charge in [0.25, 0.3) is 5.91 Å². The first-order chi connectivity index (χ1) is 11.3. The van der Waals surface area contributed by atoms with E-state index < -0.39 is 0 Å². The third-order valence-electron chi connectivity index (χ3n) is 5.50. The van der Waals surface area contributed by atoms with Crippen LogP contribution in [0.5, 0.6) is 0 Å². The molecule has 3 aliphatic heterocycles. The van der Waals surface area contributed by atoms with E-state index in [9.17, 15) is 4.79 Å². The predicted octanol–water partition coefficient (Wildman–Crippen LogP) is 0.568. The molecule has 0 saturated carbocycles. The molecular weight excluding hydrogens is 296 g/mol. The molecule has 126 valence electrons. The minimum atomic E-state index is -0.240. The van der Waals surface area contributed by atoms with Crippen molar-refractivity contribution in [2.75, 3.05) is 32.9 Å². The minimum Gasteiger partial charge on any atom is -0.381 e. The number of amides is 1. The van der Waals surface area contributed by atoms with E-state index in [2.05, 4.69) is 10.3 Å². The number of carbonyl (C=O) groups is 1. The average Bonchev–Trinajstić information content (AvgIpc) is 3.24. The lowest BCUT2D eigenvalue weighted by Crippen LogP contribution is -2.47. The Kier molecular flexibility index (Phi) is 4.31. The van der Waals surface area contributed by atoms with Crippen molar-refractivity contribution in [2.45, 2.75) is 31.9 Å². The third kappa shape index (κ3) is 3.12. The fraction of sp³-hybridized carbons (Fsp3) is 0.812. The summed E-state index contributed by atoms with van der Waals surface area (Å²) in [7, 11) is 0. The lowest BCUT2D eigenvalue weighted by molar-refractivity contribution is -0.144. The van der Waals surface area contributed by atoms with Crippen LogP contribution in [0.1, 0.15) is 19.3 Å². The highest BCUT2D eigenvalue weighted by atomic mass is 16.5. The van der Waals surface area contributed by atoms with Crippen molar-refractivity contribution in [3.63, 3.8) is 0 Å². The van der Waals surface area contributed by atoms with Gasteiger partial charge in [-0.2, -0.15) is 0 Å². The molecule has 3 fully saturated rings. The molecule has 0 radical (unpaired) electrons. The number of aromatic nitrogens is 3. The van der Waals surface area contributed by atoms with Crippen LogP contribution in [-0.4, -0.2) is 64.8 Å². The molecule has 7 heteroatoms. The molecular formula is C16H24N4O3. The fourth-order valence-corrected chi connectivity index (χ4v) is 4.10. The summed E-state index contributed by atoms with van der Waals surface area (Å²) in [5.74, 6) is 1.52. The number of carbonyl (C=O) groups excluding carboxylic acids is 1. The van der Waals surface area contributed by atoms with Gasteiger partial charge in [-0.1, -0.05) is 5.21 Å². The van der Waals surface area contributed by atoms with E-state index in [4.69, 9.17) is 9.47 Å². The van der Waals surface area contributed by atoms with E-state index in [0.29, 0.717) is 24.4 Å². The third-order valence-corrected chi connectivity index (χ3v) is 5.50. The smallest absolute Gasteiger partial charge is 0.252 e. The van der Waals surface area contributed by atoms with Gasteiger partial charge < -0.3 is 14.4 Å². The largest absolute Gasteiger partial charge is 0.381 e. The van der Waals surface area contributed by atoms with Crippen LogP contribution in [0.2, 0.25) is 0 Å². The molecule has 0 N–H and O–H groups in total. The summed E-state index contributed by atoms with van der Waals surface area (Å²) in [6.07, 6.45) is 6.36. The Labute approximate surface area is 135 Å². The van der Waals surface area contributed by atoms with Gasteiger partial charge in [0.05, 0.1) is 19.4 Å². The van der Waals surface area contributed by atoms with E-state index >= 15 is 0 Å². The van der Waals surface area contributed by atoms with Crippen LogP contribution < -0.4 is 0 Å². The van der Waals surface area contributed by atoms with Crippen molar-refractivity contribution >= 4 is 5.91 Å². The number of ether oxygens (including phenoxy) is 2. The summed E-state index contributed by atoms with van der Waals surface area (Å²) in [6.45, 7) is 4.72. The summed E-state index contributed by atoms with van der Waals surface area (Å²) >= 11 is 0. The molecule has 1 aromatic rings. The first-order valence-corrected chi connectivity index (χ1v) is 8.63. The van der Waals surface area contributed by atoms with E-state index in [1.54, 1.807) is 6.20 Å². The molecule has 3 atom stereocenters. The fourth-order valence-electron chi connectivity index (χ4n) is 4.10. The SMILES string of the molecule is O=C([C@@H]1OC[C@@H]2COCC[C@@H]21)N1CCC(Cn2ccnn2)CC1.